The van der Waals surface area contributed by atoms with E-state index < -0.39 is 6.04 Å². The van der Waals surface area contributed by atoms with E-state index in [1.807, 2.05) is 0 Å². The fourth-order valence-electron chi connectivity index (χ4n) is 3.47. The Balaban J connectivity index is 1.58. The molecule has 1 N–H and O–H groups in total. The largest absolute Gasteiger partial charge is 0.500 e. The zero-order chi connectivity index (χ0) is 19.6. The second-order valence-corrected chi connectivity index (χ2v) is 6.90. The highest BCUT2D eigenvalue weighted by atomic mass is 16.5. The smallest absolute Gasteiger partial charge is 0.497 e. The van der Waals surface area contributed by atoms with E-state index in [2.05, 4.69) is 10.2 Å². The average molecular weight is 373 g/mol. The second-order valence-electron chi connectivity index (χ2n) is 6.90. The van der Waals surface area contributed by atoms with E-state index in [1.165, 1.54) is 11.6 Å². The molecule has 1 saturated heterocycles. The van der Waals surface area contributed by atoms with Crippen LogP contribution in [0.25, 0.3) is 0 Å². The van der Waals surface area contributed by atoms with Crippen LogP contribution in [0.15, 0.2) is 24.3 Å². The number of nitrogens with zero attached hydrogens (tertiary/aromatic N) is 3. The summed E-state index contributed by atoms with van der Waals surface area (Å²) in [6.07, 6.45) is 3.16. The number of hydrogen-bond donors (Lipinski definition) is 1. The number of carbonyl (C=O) groups excluding carboxylic acids is 3. The number of benzene rings is 1. The Kier molecular flexibility index (Phi) is 5.55. The molecule has 8 nitrogen and oxygen atoms in total. The summed E-state index contributed by atoms with van der Waals surface area (Å²) < 4.78 is 6.60. The van der Waals surface area contributed by atoms with E-state index in [0.717, 1.165) is 17.7 Å². The van der Waals surface area contributed by atoms with E-state index in [0.29, 0.717) is 24.4 Å². The number of likely N-dealkylation sites (N-methyl/N-ethyl adjacent to an activating group) is 1. The Bertz CT molecular complexity index is 784. The van der Waals surface area contributed by atoms with Crippen molar-refractivity contribution in [1.82, 2.24) is 15.1 Å². The van der Waals surface area contributed by atoms with Crippen LogP contribution in [0.2, 0.25) is 0 Å². The molecule has 27 heavy (non-hydrogen) atoms. The van der Waals surface area contributed by atoms with Crippen LogP contribution in [0.4, 0.5) is 4.79 Å². The minimum Gasteiger partial charge on any atom is -0.497 e. The number of ether oxygens (including phenoxy) is 1. The molecule has 0 radical (unpaired) electrons. The SMILES string of the molecule is COc1cccc(C(=O)NC2CCN(C3C=[N+](C)C(=O)N(C)C3=O)CC2)c1. The van der Waals surface area contributed by atoms with E-state index >= 15 is 0 Å². The van der Waals surface area contributed by atoms with Crippen molar-refractivity contribution in [1.29, 1.82) is 0 Å². The van der Waals surface area contributed by atoms with Crippen molar-refractivity contribution in [3.63, 3.8) is 0 Å². The van der Waals surface area contributed by atoms with Crippen LogP contribution in [0.5, 0.6) is 5.75 Å². The van der Waals surface area contributed by atoms with Crippen LogP contribution >= 0.6 is 0 Å². The number of methoxy groups -OCH3 is 1. The number of urea groups is 1. The van der Waals surface area contributed by atoms with E-state index in [4.69, 9.17) is 4.74 Å². The van der Waals surface area contributed by atoms with Gasteiger partial charge in [0.05, 0.1) is 21.2 Å². The predicted octanol–water partition coefficient (Wildman–Crippen LogP) is 0.563. The first kappa shape index (κ1) is 19.0. The van der Waals surface area contributed by atoms with Crippen LogP contribution in [-0.2, 0) is 4.79 Å². The molecule has 1 atom stereocenters. The molecule has 4 amide bonds. The van der Waals surface area contributed by atoms with Crippen molar-refractivity contribution in [2.24, 2.45) is 0 Å². The Hall–Kier alpha value is -2.74. The van der Waals surface area contributed by atoms with Gasteiger partial charge in [-0.05, 0) is 31.0 Å². The molecule has 0 spiro atoms. The van der Waals surface area contributed by atoms with Gasteiger partial charge in [0, 0.05) is 24.7 Å². The highest BCUT2D eigenvalue weighted by molar-refractivity contribution is 6.06. The molecule has 1 aromatic rings. The molecule has 8 heteroatoms. The number of amides is 4. The first-order valence-corrected chi connectivity index (χ1v) is 8.99. The Morgan fingerprint density at radius 3 is 2.63 bits per heavy atom. The van der Waals surface area contributed by atoms with E-state index in [-0.39, 0.29) is 23.9 Å². The lowest BCUT2D eigenvalue weighted by molar-refractivity contribution is -0.401. The highest BCUT2D eigenvalue weighted by Crippen LogP contribution is 2.17. The standard InChI is InChI=1S/C19H24N4O4/c1-21-12-16(18(25)22(2)19(21)26)23-9-7-14(8-10-23)20-17(24)13-5-4-6-15(11-13)27-3/h4-6,11-12,14,16H,7-10H2,1-3H3/p+1. The molecule has 0 bridgehead atoms. The van der Waals surface area contributed by atoms with Gasteiger partial charge in [-0.15, -0.1) is 0 Å². The maximum absolute atomic E-state index is 12.4. The van der Waals surface area contributed by atoms with Gasteiger partial charge in [-0.3, -0.25) is 9.69 Å². The van der Waals surface area contributed by atoms with E-state index in [1.54, 1.807) is 44.6 Å². The third kappa shape index (κ3) is 4.00. The third-order valence-corrected chi connectivity index (χ3v) is 5.13. The fraction of sp³-hybridized carbons (Fsp3) is 0.474. The van der Waals surface area contributed by atoms with Gasteiger partial charge < -0.3 is 10.1 Å². The molecule has 144 valence electrons. The maximum atomic E-state index is 12.4. The average Bonchev–Trinajstić information content (AvgIpc) is 2.70. The Labute approximate surface area is 158 Å². The van der Waals surface area contributed by atoms with Gasteiger partial charge in [-0.25, -0.2) is 9.37 Å². The summed E-state index contributed by atoms with van der Waals surface area (Å²) in [5.41, 5.74) is 0.564. The number of carbonyl (C=O) groups is 3. The third-order valence-electron chi connectivity index (χ3n) is 5.13. The summed E-state index contributed by atoms with van der Waals surface area (Å²) in [7, 11) is 4.72. The molecule has 1 aromatic carbocycles. The van der Waals surface area contributed by atoms with Gasteiger partial charge in [-0.2, -0.15) is 9.69 Å². The number of piperidine rings is 1. The van der Waals surface area contributed by atoms with Crippen molar-refractivity contribution in [3.05, 3.63) is 29.8 Å². The normalized spacial score (nSPS) is 21.8. The first-order chi connectivity index (χ1) is 12.9. The number of likely N-dealkylation sites (tertiary alicyclic amines) is 1. The second kappa shape index (κ2) is 7.87. The van der Waals surface area contributed by atoms with E-state index in [9.17, 15) is 14.4 Å². The predicted molar refractivity (Wildman–Crippen MR) is 99.3 cm³/mol. The molecular weight excluding hydrogens is 348 g/mol. The van der Waals surface area contributed by atoms with Crippen molar-refractivity contribution in [2.75, 3.05) is 34.3 Å². The summed E-state index contributed by atoms with van der Waals surface area (Å²) in [5.74, 6) is 0.307. The molecule has 0 saturated carbocycles. The van der Waals surface area contributed by atoms with Gasteiger partial charge >= 0.3 is 11.9 Å². The van der Waals surface area contributed by atoms with Gasteiger partial charge in [0.25, 0.3) is 5.91 Å². The molecular formula is C19H25N4O4+. The van der Waals surface area contributed by atoms with Gasteiger partial charge in [0.15, 0.2) is 6.04 Å². The van der Waals surface area contributed by atoms with Crippen LogP contribution in [-0.4, -0.2) is 84.8 Å². The number of hydrogen-bond acceptors (Lipinski definition) is 5. The zero-order valence-electron chi connectivity index (χ0n) is 15.8. The van der Waals surface area contributed by atoms with Crippen LogP contribution < -0.4 is 10.1 Å². The van der Waals surface area contributed by atoms with Gasteiger partial charge in [0.2, 0.25) is 0 Å². The number of imide groups is 1. The molecule has 1 fully saturated rings. The molecule has 2 aliphatic heterocycles. The molecule has 1 unspecified atom stereocenters. The summed E-state index contributed by atoms with van der Waals surface area (Å²) >= 11 is 0. The highest BCUT2D eigenvalue weighted by Gasteiger charge is 2.42. The lowest BCUT2D eigenvalue weighted by Crippen LogP contribution is -2.59. The Morgan fingerprint density at radius 1 is 1.26 bits per heavy atom. The van der Waals surface area contributed by atoms with Crippen molar-refractivity contribution < 1.29 is 23.7 Å². The minimum atomic E-state index is -0.437. The quantitative estimate of drug-likeness (QED) is 0.780. The molecule has 3 rings (SSSR count). The first-order valence-electron chi connectivity index (χ1n) is 8.99. The molecule has 0 aromatic heterocycles. The van der Waals surface area contributed by atoms with Crippen LogP contribution in [0, 0.1) is 0 Å². The Morgan fingerprint density at radius 2 is 1.96 bits per heavy atom. The number of rotatable bonds is 4. The minimum absolute atomic E-state index is 0.0516. The summed E-state index contributed by atoms with van der Waals surface area (Å²) in [4.78, 5) is 39.9. The van der Waals surface area contributed by atoms with Crippen molar-refractivity contribution in [3.8, 4) is 5.75 Å². The molecule has 2 heterocycles. The van der Waals surface area contributed by atoms with Crippen molar-refractivity contribution >= 4 is 24.1 Å². The van der Waals surface area contributed by atoms with Crippen LogP contribution in [0.1, 0.15) is 23.2 Å². The maximum Gasteiger partial charge on any atom is 0.500 e. The summed E-state index contributed by atoms with van der Waals surface area (Å²) in [5, 5.41) is 3.05. The lowest BCUT2D eigenvalue weighted by atomic mass is 10.0. The van der Waals surface area contributed by atoms with Crippen LogP contribution in [0.3, 0.4) is 0 Å². The topological polar surface area (TPSA) is 82.0 Å². The number of nitrogens with one attached hydrogen (secondary N) is 1. The molecule has 2 aliphatic rings. The summed E-state index contributed by atoms with van der Waals surface area (Å²) in [6.45, 7) is 1.34. The fourth-order valence-corrected chi connectivity index (χ4v) is 3.47. The monoisotopic (exact) mass is 373 g/mol. The van der Waals surface area contributed by atoms with Gasteiger partial charge in [-0.1, -0.05) is 6.07 Å². The summed E-state index contributed by atoms with van der Waals surface area (Å²) in [6, 6.07) is 6.34. The molecule has 0 aliphatic carbocycles. The lowest BCUT2D eigenvalue weighted by Gasteiger charge is -2.36. The zero-order valence-corrected chi connectivity index (χ0v) is 15.8. The van der Waals surface area contributed by atoms with Crippen molar-refractivity contribution in [2.45, 2.75) is 24.9 Å². The van der Waals surface area contributed by atoms with Gasteiger partial charge in [0.1, 0.15) is 12.0 Å².